The largest absolute Gasteiger partial charge is 0.463 e. The second-order valence-electron chi connectivity index (χ2n) is 10.5. The Hall–Kier alpha value is -1.84. The molecule has 0 spiro atoms. The van der Waals surface area contributed by atoms with Crippen LogP contribution >= 0.6 is 0 Å². The molecule has 0 fully saturated rings. The van der Waals surface area contributed by atoms with Crippen LogP contribution in [0.1, 0.15) is 143 Å². The van der Waals surface area contributed by atoms with Gasteiger partial charge in [0.15, 0.2) is 0 Å². The highest BCUT2D eigenvalue weighted by molar-refractivity contribution is 5.91. The van der Waals surface area contributed by atoms with E-state index in [9.17, 15) is 9.59 Å². The van der Waals surface area contributed by atoms with E-state index in [4.69, 9.17) is 9.47 Å². The number of allylic oxidation sites excluding steroid dienone is 4. The topological polar surface area (TPSA) is 52.6 Å². The summed E-state index contributed by atoms with van der Waals surface area (Å²) in [6.07, 6.45) is 28.6. The molecule has 0 aromatic heterocycles. The van der Waals surface area contributed by atoms with Crippen LogP contribution in [0.5, 0.6) is 0 Å². The Labute approximate surface area is 223 Å². The van der Waals surface area contributed by atoms with Gasteiger partial charge in [0.1, 0.15) is 0 Å². The first kappa shape index (κ1) is 34.2. The van der Waals surface area contributed by atoms with E-state index in [0.29, 0.717) is 13.2 Å². The van der Waals surface area contributed by atoms with E-state index >= 15 is 0 Å². The molecule has 36 heavy (non-hydrogen) atoms. The molecule has 0 aliphatic carbocycles. The quantitative estimate of drug-likeness (QED) is 0.0568. The summed E-state index contributed by atoms with van der Waals surface area (Å²) >= 11 is 0. The lowest BCUT2D eigenvalue weighted by molar-refractivity contribution is -0.140. The van der Waals surface area contributed by atoms with Crippen molar-refractivity contribution in [3.8, 4) is 0 Å². The highest BCUT2D eigenvalue weighted by Gasteiger charge is 2.02. The lowest BCUT2D eigenvalue weighted by atomic mass is 10.1. The summed E-state index contributed by atoms with van der Waals surface area (Å²) in [6.45, 7) is 9.44. The van der Waals surface area contributed by atoms with E-state index in [1.54, 1.807) is 0 Å². The first-order valence-corrected chi connectivity index (χ1v) is 14.7. The van der Waals surface area contributed by atoms with Gasteiger partial charge in [0.05, 0.1) is 13.2 Å². The van der Waals surface area contributed by atoms with Crippen LogP contribution in [0.4, 0.5) is 0 Å². The number of esters is 2. The zero-order valence-electron chi connectivity index (χ0n) is 24.1. The van der Waals surface area contributed by atoms with Crippen molar-refractivity contribution in [2.75, 3.05) is 13.2 Å². The van der Waals surface area contributed by atoms with E-state index in [1.807, 2.05) is 0 Å². The highest BCUT2D eigenvalue weighted by Crippen LogP contribution is 2.12. The maximum Gasteiger partial charge on any atom is 0.331 e. The Morgan fingerprint density at radius 2 is 0.722 bits per heavy atom. The maximum absolute atomic E-state index is 11.7. The average Bonchev–Trinajstić information content (AvgIpc) is 2.83. The lowest BCUT2D eigenvalue weighted by Gasteiger charge is -2.04. The van der Waals surface area contributed by atoms with Gasteiger partial charge in [0, 0.05) is 12.2 Å². The minimum absolute atomic E-state index is 0.413. The van der Waals surface area contributed by atoms with Crippen LogP contribution in [-0.2, 0) is 19.1 Å². The molecule has 0 heterocycles. The monoisotopic (exact) mass is 504 g/mol. The fourth-order valence-electron chi connectivity index (χ4n) is 3.97. The molecule has 4 nitrogen and oxygen atoms in total. The van der Waals surface area contributed by atoms with Crippen LogP contribution in [0.3, 0.4) is 0 Å². The fourth-order valence-corrected chi connectivity index (χ4v) is 3.97. The number of carbonyl (C=O) groups excluding carboxylic acids is 2. The van der Waals surface area contributed by atoms with Gasteiger partial charge in [0.25, 0.3) is 0 Å². The van der Waals surface area contributed by atoms with E-state index in [0.717, 1.165) is 25.7 Å². The molecule has 0 radical (unpaired) electrons. The van der Waals surface area contributed by atoms with Crippen molar-refractivity contribution in [2.24, 2.45) is 0 Å². The van der Waals surface area contributed by atoms with Gasteiger partial charge in [-0.05, 0) is 66.2 Å². The summed E-state index contributed by atoms with van der Waals surface area (Å²) in [5.74, 6) is -0.937. The molecule has 0 saturated carbocycles. The maximum atomic E-state index is 11.7. The van der Waals surface area contributed by atoms with Crippen LogP contribution < -0.4 is 0 Å². The van der Waals surface area contributed by atoms with Gasteiger partial charge in [0.2, 0.25) is 0 Å². The van der Waals surface area contributed by atoms with E-state index in [1.165, 1.54) is 113 Å². The predicted molar refractivity (Wildman–Crippen MR) is 153 cm³/mol. The molecular weight excluding hydrogens is 448 g/mol. The number of ether oxygens (including phenoxy) is 2. The molecule has 4 heteroatoms. The molecule has 0 amide bonds. The van der Waals surface area contributed by atoms with Gasteiger partial charge < -0.3 is 9.47 Å². The number of hydrogen-bond donors (Lipinski definition) is 0. The van der Waals surface area contributed by atoms with Crippen LogP contribution in [0.15, 0.2) is 35.5 Å². The third kappa shape index (κ3) is 28.4. The third-order valence-electron chi connectivity index (χ3n) is 6.15. The third-order valence-corrected chi connectivity index (χ3v) is 6.15. The van der Waals surface area contributed by atoms with Crippen molar-refractivity contribution >= 4 is 11.9 Å². The molecular formula is C32H56O4. The average molecular weight is 505 g/mol. The molecule has 0 aliphatic heterocycles. The molecule has 0 atom stereocenters. The number of hydrogen-bond acceptors (Lipinski definition) is 4. The summed E-state index contributed by atoms with van der Waals surface area (Å²) in [5, 5.41) is 0. The molecule has 0 aromatic rings. The molecule has 0 bridgehead atoms. The summed E-state index contributed by atoms with van der Waals surface area (Å²) < 4.78 is 10.3. The van der Waals surface area contributed by atoms with Gasteiger partial charge in [-0.3, -0.25) is 0 Å². The van der Waals surface area contributed by atoms with Crippen molar-refractivity contribution in [1.82, 2.24) is 0 Å². The Balaban J connectivity index is 3.43. The molecule has 0 aliphatic rings. The molecule has 0 unspecified atom stereocenters. The van der Waals surface area contributed by atoms with Crippen LogP contribution in [0, 0.1) is 0 Å². The van der Waals surface area contributed by atoms with Crippen molar-refractivity contribution < 1.29 is 19.1 Å². The number of carbonyl (C=O) groups is 2. The van der Waals surface area contributed by atoms with Gasteiger partial charge in [-0.15, -0.1) is 0 Å². The molecule has 0 aromatic carbocycles. The zero-order chi connectivity index (χ0) is 26.7. The van der Waals surface area contributed by atoms with Crippen molar-refractivity contribution in [2.45, 2.75) is 143 Å². The van der Waals surface area contributed by atoms with E-state index < -0.39 is 11.9 Å². The van der Waals surface area contributed by atoms with E-state index in [2.05, 4.69) is 39.8 Å². The highest BCUT2D eigenvalue weighted by atomic mass is 16.5. The van der Waals surface area contributed by atoms with Crippen LogP contribution in [0.2, 0.25) is 0 Å². The smallest absolute Gasteiger partial charge is 0.331 e. The van der Waals surface area contributed by atoms with Crippen molar-refractivity contribution in [3.63, 3.8) is 0 Å². The SMILES string of the molecule is CC(C)=CCCCCCCCCCCOC(=O)/C=C\C(=O)OCCCCCCCCCCC=C(C)C. The summed E-state index contributed by atoms with van der Waals surface area (Å²) in [7, 11) is 0. The Morgan fingerprint density at radius 3 is 1.03 bits per heavy atom. The molecule has 208 valence electrons. The summed E-state index contributed by atoms with van der Waals surface area (Å²) in [6, 6.07) is 0. The Kier molecular flexibility index (Phi) is 24.9. The predicted octanol–water partition coefficient (Wildman–Crippen LogP) is 9.58. The second kappa shape index (κ2) is 26.2. The van der Waals surface area contributed by atoms with Gasteiger partial charge in [-0.2, -0.15) is 0 Å². The summed E-state index contributed by atoms with van der Waals surface area (Å²) in [5.41, 5.74) is 2.82. The molecule has 0 saturated heterocycles. The molecule has 0 rings (SSSR count). The zero-order valence-corrected chi connectivity index (χ0v) is 24.1. The lowest BCUT2D eigenvalue weighted by Crippen LogP contribution is -2.06. The minimum Gasteiger partial charge on any atom is -0.463 e. The number of unbranched alkanes of at least 4 members (excludes halogenated alkanes) is 16. The van der Waals surface area contributed by atoms with Gasteiger partial charge >= 0.3 is 11.9 Å². The van der Waals surface area contributed by atoms with Crippen molar-refractivity contribution in [1.29, 1.82) is 0 Å². The standard InChI is InChI=1S/C32H56O4/c1-29(2)23-19-15-11-7-5-9-13-17-21-27-35-31(33)25-26-32(34)36-28-22-18-14-10-6-8-12-16-20-24-30(3)4/h23-26H,5-22,27-28H2,1-4H3/b26-25-. The van der Waals surface area contributed by atoms with Crippen LogP contribution in [0.25, 0.3) is 0 Å². The van der Waals surface area contributed by atoms with Gasteiger partial charge in [-0.25, -0.2) is 9.59 Å². The number of rotatable bonds is 24. The first-order valence-electron chi connectivity index (χ1n) is 14.7. The second-order valence-corrected chi connectivity index (χ2v) is 10.5. The summed E-state index contributed by atoms with van der Waals surface area (Å²) in [4.78, 5) is 23.4. The minimum atomic E-state index is -0.468. The Morgan fingerprint density at radius 1 is 0.444 bits per heavy atom. The first-order chi connectivity index (χ1) is 17.4. The van der Waals surface area contributed by atoms with E-state index in [-0.39, 0.29) is 0 Å². The van der Waals surface area contributed by atoms with Crippen LogP contribution in [-0.4, -0.2) is 25.2 Å². The molecule has 0 N–H and O–H groups in total. The van der Waals surface area contributed by atoms with Crippen molar-refractivity contribution in [3.05, 3.63) is 35.5 Å². The normalized spacial score (nSPS) is 10.9. The van der Waals surface area contributed by atoms with Gasteiger partial charge in [-0.1, -0.05) is 100 Å². The Bertz CT molecular complexity index is 568. The fraction of sp³-hybridized carbons (Fsp3) is 0.750.